The van der Waals surface area contributed by atoms with Crippen molar-refractivity contribution in [3.8, 4) is 0 Å². The van der Waals surface area contributed by atoms with Gasteiger partial charge in [0, 0.05) is 26.0 Å². The summed E-state index contributed by atoms with van der Waals surface area (Å²) < 4.78 is 3.42. The monoisotopic (exact) mass is 233 g/mol. The Morgan fingerprint density at radius 3 is 2.94 bits per heavy atom. The molecule has 2 heterocycles. The summed E-state index contributed by atoms with van der Waals surface area (Å²) in [6, 6.07) is 1.87. The van der Waals surface area contributed by atoms with Gasteiger partial charge in [0.2, 0.25) is 0 Å². The minimum atomic E-state index is -0.129. The van der Waals surface area contributed by atoms with Crippen LogP contribution in [0, 0.1) is 0 Å². The molecule has 0 radical (unpaired) electrons. The molecular formula is C11H15N5O. The quantitative estimate of drug-likeness (QED) is 0.839. The van der Waals surface area contributed by atoms with E-state index in [-0.39, 0.29) is 5.91 Å². The molecule has 6 nitrogen and oxygen atoms in total. The number of aromatic nitrogens is 4. The molecule has 0 saturated carbocycles. The van der Waals surface area contributed by atoms with Crippen molar-refractivity contribution in [2.75, 3.05) is 0 Å². The van der Waals surface area contributed by atoms with Gasteiger partial charge in [-0.15, -0.1) is 0 Å². The first-order valence-electron chi connectivity index (χ1n) is 5.48. The number of hydrogen-bond donors (Lipinski definition) is 1. The van der Waals surface area contributed by atoms with Gasteiger partial charge in [-0.3, -0.25) is 14.2 Å². The molecule has 0 aliphatic rings. The fraction of sp³-hybridized carbons (Fsp3) is 0.364. The van der Waals surface area contributed by atoms with Crippen LogP contribution in [0.25, 0.3) is 0 Å². The van der Waals surface area contributed by atoms with E-state index in [0.29, 0.717) is 12.1 Å². The highest BCUT2D eigenvalue weighted by Gasteiger charge is 2.08. The second-order valence-electron chi connectivity index (χ2n) is 3.75. The van der Waals surface area contributed by atoms with Gasteiger partial charge in [-0.25, -0.2) is 0 Å². The molecule has 1 N–H and O–H groups in total. The van der Waals surface area contributed by atoms with E-state index in [4.69, 9.17) is 0 Å². The van der Waals surface area contributed by atoms with Crippen LogP contribution in [0.5, 0.6) is 0 Å². The Balaban J connectivity index is 1.93. The number of amides is 1. The van der Waals surface area contributed by atoms with Crippen LogP contribution < -0.4 is 5.32 Å². The van der Waals surface area contributed by atoms with E-state index >= 15 is 0 Å². The summed E-state index contributed by atoms with van der Waals surface area (Å²) >= 11 is 0. The first-order chi connectivity index (χ1) is 8.19. The van der Waals surface area contributed by atoms with Crippen LogP contribution in [0.1, 0.15) is 23.0 Å². The highest BCUT2D eigenvalue weighted by atomic mass is 16.1. The molecular weight excluding hydrogens is 218 g/mol. The van der Waals surface area contributed by atoms with E-state index in [0.717, 1.165) is 12.2 Å². The zero-order valence-corrected chi connectivity index (χ0v) is 9.92. The SMILES string of the molecule is CCn1cc(C(=O)NCc2ccn(C)n2)cn1. The summed E-state index contributed by atoms with van der Waals surface area (Å²) in [6.45, 7) is 3.16. The number of carbonyl (C=O) groups is 1. The summed E-state index contributed by atoms with van der Waals surface area (Å²) in [7, 11) is 1.84. The molecule has 0 aromatic carbocycles. The molecule has 1 amide bonds. The third-order valence-electron chi connectivity index (χ3n) is 2.42. The van der Waals surface area contributed by atoms with Crippen LogP contribution in [0.2, 0.25) is 0 Å². The molecule has 0 atom stereocenters. The molecule has 0 spiro atoms. The zero-order chi connectivity index (χ0) is 12.3. The number of nitrogens with one attached hydrogen (secondary N) is 1. The molecule has 0 fully saturated rings. The second kappa shape index (κ2) is 4.82. The van der Waals surface area contributed by atoms with Crippen molar-refractivity contribution in [1.29, 1.82) is 0 Å². The van der Waals surface area contributed by atoms with Gasteiger partial charge < -0.3 is 5.32 Å². The van der Waals surface area contributed by atoms with Crippen LogP contribution in [0.3, 0.4) is 0 Å². The fourth-order valence-corrected chi connectivity index (χ4v) is 1.48. The maximum atomic E-state index is 11.8. The van der Waals surface area contributed by atoms with Crippen molar-refractivity contribution in [2.45, 2.75) is 20.0 Å². The number of rotatable bonds is 4. The molecule has 90 valence electrons. The Kier molecular flexibility index (Phi) is 3.22. The fourth-order valence-electron chi connectivity index (χ4n) is 1.48. The van der Waals surface area contributed by atoms with Crippen molar-refractivity contribution in [3.63, 3.8) is 0 Å². The van der Waals surface area contributed by atoms with Crippen molar-refractivity contribution < 1.29 is 4.79 Å². The Morgan fingerprint density at radius 2 is 2.35 bits per heavy atom. The predicted molar refractivity (Wildman–Crippen MR) is 62.3 cm³/mol. The molecule has 2 aromatic rings. The average molecular weight is 233 g/mol. The van der Waals surface area contributed by atoms with Crippen LogP contribution in [-0.4, -0.2) is 25.5 Å². The van der Waals surface area contributed by atoms with Gasteiger partial charge >= 0.3 is 0 Å². The lowest BCUT2D eigenvalue weighted by Crippen LogP contribution is -2.22. The van der Waals surface area contributed by atoms with Gasteiger partial charge in [-0.2, -0.15) is 10.2 Å². The smallest absolute Gasteiger partial charge is 0.254 e. The van der Waals surface area contributed by atoms with E-state index in [1.807, 2.05) is 26.2 Å². The third kappa shape index (κ3) is 2.72. The highest BCUT2D eigenvalue weighted by molar-refractivity contribution is 5.93. The molecule has 0 saturated heterocycles. The summed E-state index contributed by atoms with van der Waals surface area (Å²) in [5, 5.41) is 11.0. The van der Waals surface area contributed by atoms with E-state index in [1.54, 1.807) is 21.8 Å². The number of carbonyl (C=O) groups excluding carboxylic acids is 1. The van der Waals surface area contributed by atoms with E-state index in [2.05, 4.69) is 15.5 Å². The lowest BCUT2D eigenvalue weighted by Gasteiger charge is -2.00. The van der Waals surface area contributed by atoms with Gasteiger partial charge in [-0.1, -0.05) is 0 Å². The highest BCUT2D eigenvalue weighted by Crippen LogP contribution is 1.99. The van der Waals surface area contributed by atoms with Crippen LogP contribution in [0.4, 0.5) is 0 Å². The van der Waals surface area contributed by atoms with Gasteiger partial charge in [0.15, 0.2) is 0 Å². The van der Waals surface area contributed by atoms with Gasteiger partial charge in [0.05, 0.1) is 24.0 Å². The predicted octanol–water partition coefficient (Wildman–Crippen LogP) is 0.566. The second-order valence-corrected chi connectivity index (χ2v) is 3.75. The molecule has 17 heavy (non-hydrogen) atoms. The molecule has 2 aromatic heterocycles. The van der Waals surface area contributed by atoms with E-state index in [1.165, 1.54) is 0 Å². The molecule has 2 rings (SSSR count). The molecule has 0 unspecified atom stereocenters. The van der Waals surface area contributed by atoms with Gasteiger partial charge in [0.1, 0.15) is 0 Å². The van der Waals surface area contributed by atoms with Gasteiger partial charge in [0.25, 0.3) is 5.91 Å². The number of nitrogens with zero attached hydrogens (tertiary/aromatic N) is 4. The normalized spacial score (nSPS) is 10.5. The Morgan fingerprint density at radius 1 is 1.53 bits per heavy atom. The van der Waals surface area contributed by atoms with E-state index in [9.17, 15) is 4.79 Å². The summed E-state index contributed by atoms with van der Waals surface area (Å²) in [6.07, 6.45) is 5.14. The summed E-state index contributed by atoms with van der Waals surface area (Å²) in [5.41, 5.74) is 1.41. The minimum Gasteiger partial charge on any atom is -0.346 e. The lowest BCUT2D eigenvalue weighted by atomic mass is 10.3. The molecule has 0 bridgehead atoms. The van der Waals surface area contributed by atoms with Gasteiger partial charge in [-0.05, 0) is 13.0 Å². The maximum Gasteiger partial charge on any atom is 0.254 e. The van der Waals surface area contributed by atoms with Crippen LogP contribution >= 0.6 is 0 Å². The maximum absolute atomic E-state index is 11.8. The van der Waals surface area contributed by atoms with Crippen molar-refractivity contribution in [3.05, 3.63) is 35.9 Å². The van der Waals surface area contributed by atoms with Crippen molar-refractivity contribution >= 4 is 5.91 Å². The summed E-state index contributed by atoms with van der Waals surface area (Å²) in [4.78, 5) is 11.8. The molecule has 0 aliphatic carbocycles. The van der Waals surface area contributed by atoms with Crippen molar-refractivity contribution in [1.82, 2.24) is 24.9 Å². The zero-order valence-electron chi connectivity index (χ0n) is 9.92. The minimum absolute atomic E-state index is 0.129. The molecule has 0 aliphatic heterocycles. The van der Waals surface area contributed by atoms with E-state index < -0.39 is 0 Å². The first-order valence-corrected chi connectivity index (χ1v) is 5.48. The Hall–Kier alpha value is -2.11. The Bertz CT molecular complexity index is 513. The average Bonchev–Trinajstić information content (AvgIpc) is 2.94. The topological polar surface area (TPSA) is 64.7 Å². The number of hydrogen-bond acceptors (Lipinski definition) is 3. The first kappa shape index (κ1) is 11.4. The van der Waals surface area contributed by atoms with Crippen molar-refractivity contribution in [2.24, 2.45) is 7.05 Å². The van der Waals surface area contributed by atoms with Crippen LogP contribution in [-0.2, 0) is 20.1 Å². The number of aryl methyl sites for hydroxylation is 2. The Labute approximate surface area is 99.2 Å². The molecule has 6 heteroatoms. The standard InChI is InChI=1S/C11H15N5O/c1-3-16-8-9(6-13-16)11(17)12-7-10-4-5-15(2)14-10/h4-6,8H,3,7H2,1-2H3,(H,12,17). The third-order valence-corrected chi connectivity index (χ3v) is 2.42. The lowest BCUT2D eigenvalue weighted by molar-refractivity contribution is 0.0950. The largest absolute Gasteiger partial charge is 0.346 e. The summed E-state index contributed by atoms with van der Waals surface area (Å²) in [5.74, 6) is -0.129. The van der Waals surface area contributed by atoms with Crippen LogP contribution in [0.15, 0.2) is 24.7 Å².